The molecule has 0 N–H and O–H groups in total. The summed E-state index contributed by atoms with van der Waals surface area (Å²) in [5.41, 5.74) is 1.86. The van der Waals surface area contributed by atoms with Gasteiger partial charge in [0.25, 0.3) is 0 Å². The molecular weight excluding hydrogens is 262 g/mol. The van der Waals surface area contributed by atoms with Crippen LogP contribution < -0.4 is 9.47 Å². The summed E-state index contributed by atoms with van der Waals surface area (Å²) in [4.78, 5) is 4.12. The first kappa shape index (κ1) is 12.3. The van der Waals surface area contributed by atoms with Crippen molar-refractivity contribution in [3.05, 3.63) is 41.7 Å². The standard InChI is InChI=1S/C15H14ClNO2/c1-18-15-13(8-17-9-14(15)16)10-3-2-4-12(7-10)19-11-5-6-11/h2-4,7-9,11H,5-6H2,1H3. The van der Waals surface area contributed by atoms with Crippen LogP contribution in [-0.2, 0) is 0 Å². The highest BCUT2D eigenvalue weighted by Crippen LogP contribution is 2.37. The van der Waals surface area contributed by atoms with Gasteiger partial charge in [0.15, 0.2) is 0 Å². The molecule has 0 amide bonds. The Bertz CT molecular complexity index is 596. The van der Waals surface area contributed by atoms with Crippen molar-refractivity contribution < 1.29 is 9.47 Å². The van der Waals surface area contributed by atoms with E-state index in [0.29, 0.717) is 16.9 Å². The molecule has 2 aromatic rings. The summed E-state index contributed by atoms with van der Waals surface area (Å²) in [5.74, 6) is 1.52. The summed E-state index contributed by atoms with van der Waals surface area (Å²) in [6, 6.07) is 7.92. The summed E-state index contributed by atoms with van der Waals surface area (Å²) in [6.07, 6.45) is 6.00. The number of hydrogen-bond donors (Lipinski definition) is 0. The van der Waals surface area contributed by atoms with Gasteiger partial charge in [0.2, 0.25) is 0 Å². The van der Waals surface area contributed by atoms with Gasteiger partial charge in [-0.1, -0.05) is 23.7 Å². The maximum atomic E-state index is 6.09. The van der Waals surface area contributed by atoms with Gasteiger partial charge < -0.3 is 9.47 Å². The first-order chi connectivity index (χ1) is 9.28. The Morgan fingerprint density at radius 1 is 1.26 bits per heavy atom. The topological polar surface area (TPSA) is 31.4 Å². The van der Waals surface area contributed by atoms with Crippen LogP contribution in [0.4, 0.5) is 0 Å². The van der Waals surface area contributed by atoms with Crippen LogP contribution in [0.2, 0.25) is 5.02 Å². The smallest absolute Gasteiger partial charge is 0.148 e. The number of halogens is 1. The van der Waals surface area contributed by atoms with Gasteiger partial charge in [0.1, 0.15) is 16.5 Å². The van der Waals surface area contributed by atoms with E-state index in [1.807, 2.05) is 24.3 Å². The van der Waals surface area contributed by atoms with Crippen molar-refractivity contribution >= 4 is 11.6 Å². The van der Waals surface area contributed by atoms with Crippen LogP contribution in [0.15, 0.2) is 36.7 Å². The van der Waals surface area contributed by atoms with Crippen molar-refractivity contribution in [3.63, 3.8) is 0 Å². The van der Waals surface area contributed by atoms with Crippen LogP contribution in [-0.4, -0.2) is 18.2 Å². The summed E-state index contributed by atoms with van der Waals surface area (Å²) in [6.45, 7) is 0. The van der Waals surface area contributed by atoms with E-state index in [0.717, 1.165) is 29.7 Å². The van der Waals surface area contributed by atoms with Crippen LogP contribution in [0, 0.1) is 0 Å². The maximum Gasteiger partial charge on any atom is 0.148 e. The van der Waals surface area contributed by atoms with Gasteiger partial charge in [-0.2, -0.15) is 0 Å². The fourth-order valence-corrected chi connectivity index (χ4v) is 2.19. The molecule has 19 heavy (non-hydrogen) atoms. The lowest BCUT2D eigenvalue weighted by atomic mass is 10.1. The number of benzene rings is 1. The molecule has 1 fully saturated rings. The SMILES string of the molecule is COc1c(Cl)cncc1-c1cccc(OC2CC2)c1. The Balaban J connectivity index is 1.98. The van der Waals surface area contributed by atoms with E-state index in [-0.39, 0.29) is 0 Å². The minimum atomic E-state index is 0.384. The molecule has 4 heteroatoms. The summed E-state index contributed by atoms with van der Waals surface area (Å²) >= 11 is 6.09. The molecule has 1 aliphatic carbocycles. The van der Waals surface area contributed by atoms with Gasteiger partial charge >= 0.3 is 0 Å². The fourth-order valence-electron chi connectivity index (χ4n) is 1.95. The van der Waals surface area contributed by atoms with Gasteiger partial charge in [-0.3, -0.25) is 4.98 Å². The number of rotatable bonds is 4. The third kappa shape index (κ3) is 2.66. The molecule has 0 unspecified atom stereocenters. The molecule has 0 bridgehead atoms. The largest absolute Gasteiger partial charge is 0.494 e. The Morgan fingerprint density at radius 3 is 2.84 bits per heavy atom. The van der Waals surface area contributed by atoms with Crippen LogP contribution in [0.25, 0.3) is 11.1 Å². The highest BCUT2D eigenvalue weighted by molar-refractivity contribution is 6.32. The lowest BCUT2D eigenvalue weighted by Crippen LogP contribution is -1.96. The molecule has 1 heterocycles. The van der Waals surface area contributed by atoms with E-state index < -0.39 is 0 Å². The number of ether oxygens (including phenoxy) is 2. The van der Waals surface area contributed by atoms with Crippen molar-refractivity contribution in [2.75, 3.05) is 7.11 Å². The normalized spacial score (nSPS) is 14.2. The molecule has 98 valence electrons. The molecule has 3 nitrogen and oxygen atoms in total. The molecule has 0 saturated heterocycles. The predicted octanol–water partition coefficient (Wildman–Crippen LogP) is 3.95. The van der Waals surface area contributed by atoms with E-state index in [9.17, 15) is 0 Å². The third-order valence-electron chi connectivity index (χ3n) is 3.03. The number of aromatic nitrogens is 1. The second-order valence-electron chi connectivity index (χ2n) is 4.55. The zero-order valence-corrected chi connectivity index (χ0v) is 11.4. The zero-order valence-electron chi connectivity index (χ0n) is 10.6. The van der Waals surface area contributed by atoms with Gasteiger partial charge in [0.05, 0.1) is 13.2 Å². The monoisotopic (exact) mass is 275 g/mol. The second-order valence-corrected chi connectivity index (χ2v) is 4.95. The number of pyridine rings is 1. The maximum absolute atomic E-state index is 6.09. The van der Waals surface area contributed by atoms with Gasteiger partial charge in [-0.05, 0) is 30.5 Å². The summed E-state index contributed by atoms with van der Waals surface area (Å²) < 4.78 is 11.1. The lowest BCUT2D eigenvalue weighted by Gasteiger charge is -2.11. The number of methoxy groups -OCH3 is 1. The molecule has 0 atom stereocenters. The van der Waals surface area contributed by atoms with Crippen molar-refractivity contribution in [2.45, 2.75) is 18.9 Å². The molecular formula is C15H14ClNO2. The average molecular weight is 276 g/mol. The molecule has 1 saturated carbocycles. The Morgan fingerprint density at radius 2 is 2.11 bits per heavy atom. The van der Waals surface area contributed by atoms with Crippen LogP contribution >= 0.6 is 11.6 Å². The minimum Gasteiger partial charge on any atom is -0.494 e. The molecule has 0 radical (unpaired) electrons. The highest BCUT2D eigenvalue weighted by atomic mass is 35.5. The van der Waals surface area contributed by atoms with Gasteiger partial charge in [0, 0.05) is 18.0 Å². The third-order valence-corrected chi connectivity index (χ3v) is 3.30. The first-order valence-corrected chi connectivity index (χ1v) is 6.60. The quantitative estimate of drug-likeness (QED) is 0.847. The van der Waals surface area contributed by atoms with E-state index in [1.54, 1.807) is 19.5 Å². The summed E-state index contributed by atoms with van der Waals surface area (Å²) in [7, 11) is 1.61. The highest BCUT2D eigenvalue weighted by Gasteiger charge is 2.23. The summed E-state index contributed by atoms with van der Waals surface area (Å²) in [5, 5.41) is 0.508. The van der Waals surface area contributed by atoms with Gasteiger partial charge in [-0.25, -0.2) is 0 Å². The number of hydrogen-bond acceptors (Lipinski definition) is 3. The Labute approximate surface area is 117 Å². The molecule has 0 spiro atoms. The van der Waals surface area contributed by atoms with Crippen molar-refractivity contribution in [2.24, 2.45) is 0 Å². The zero-order chi connectivity index (χ0) is 13.2. The second kappa shape index (κ2) is 5.10. The Kier molecular flexibility index (Phi) is 3.30. The molecule has 1 aliphatic rings. The molecule has 0 aliphatic heterocycles. The van der Waals surface area contributed by atoms with Crippen LogP contribution in [0.3, 0.4) is 0 Å². The van der Waals surface area contributed by atoms with Crippen molar-refractivity contribution in [1.82, 2.24) is 4.98 Å². The van der Waals surface area contributed by atoms with E-state index >= 15 is 0 Å². The lowest BCUT2D eigenvalue weighted by molar-refractivity contribution is 0.303. The van der Waals surface area contributed by atoms with Crippen LogP contribution in [0.1, 0.15) is 12.8 Å². The average Bonchev–Trinajstić information content (AvgIpc) is 3.23. The minimum absolute atomic E-state index is 0.384. The molecule has 1 aromatic carbocycles. The van der Waals surface area contributed by atoms with E-state index in [4.69, 9.17) is 21.1 Å². The predicted molar refractivity (Wildman–Crippen MR) is 74.9 cm³/mol. The van der Waals surface area contributed by atoms with Crippen molar-refractivity contribution in [1.29, 1.82) is 0 Å². The first-order valence-electron chi connectivity index (χ1n) is 6.22. The van der Waals surface area contributed by atoms with Crippen molar-refractivity contribution in [3.8, 4) is 22.6 Å². The number of nitrogens with zero attached hydrogens (tertiary/aromatic N) is 1. The Hall–Kier alpha value is -1.74. The fraction of sp³-hybridized carbons (Fsp3) is 0.267. The van der Waals surface area contributed by atoms with Crippen LogP contribution in [0.5, 0.6) is 11.5 Å². The molecule has 1 aromatic heterocycles. The van der Waals surface area contributed by atoms with E-state index in [1.165, 1.54) is 0 Å². The molecule has 3 rings (SSSR count). The van der Waals surface area contributed by atoms with E-state index in [2.05, 4.69) is 4.98 Å². The van der Waals surface area contributed by atoms with Gasteiger partial charge in [-0.15, -0.1) is 0 Å².